The lowest BCUT2D eigenvalue weighted by molar-refractivity contribution is -0.137. The van der Waals surface area contributed by atoms with Crippen molar-refractivity contribution in [2.75, 3.05) is 19.3 Å². The van der Waals surface area contributed by atoms with E-state index in [4.69, 9.17) is 5.11 Å². The molecule has 0 bridgehead atoms. The van der Waals surface area contributed by atoms with Gasteiger partial charge in [-0.15, -0.1) is 0 Å². The zero-order chi connectivity index (χ0) is 14.3. The highest BCUT2D eigenvalue weighted by molar-refractivity contribution is 7.99. The number of hydrogen-bond donors (Lipinski definition) is 2. The molecule has 0 aromatic heterocycles. The number of thioether (sulfide) groups is 1. The number of carboxylic acids is 1. The first-order valence-corrected chi connectivity index (χ1v) is 7.23. The third-order valence-electron chi connectivity index (χ3n) is 2.67. The Hall–Kier alpha value is -0.910. The van der Waals surface area contributed by atoms with Crippen molar-refractivity contribution in [3.8, 4) is 0 Å². The van der Waals surface area contributed by atoms with Gasteiger partial charge in [0.25, 0.3) is 0 Å². The van der Waals surface area contributed by atoms with Gasteiger partial charge in [0.05, 0.1) is 6.42 Å². The summed E-state index contributed by atoms with van der Waals surface area (Å²) in [5.41, 5.74) is 0. The predicted molar refractivity (Wildman–Crippen MR) is 75.1 cm³/mol. The number of nitrogens with zero attached hydrogens (tertiary/aromatic N) is 1. The topological polar surface area (TPSA) is 69.6 Å². The highest BCUT2D eigenvalue weighted by Gasteiger charge is 2.21. The van der Waals surface area contributed by atoms with Crippen molar-refractivity contribution < 1.29 is 14.7 Å². The number of rotatable bonds is 7. The standard InChI is InChI=1S/C12H24N2O3S/c1-9(2)14(7-6-10(15)16)11(17)13-8-12(3,4)18-5/h9H,6-8H2,1-5H3,(H,13,17)(H,15,16). The van der Waals surface area contributed by atoms with Crippen LogP contribution in [0.5, 0.6) is 0 Å². The fraction of sp³-hybridized carbons (Fsp3) is 0.833. The Morgan fingerprint density at radius 3 is 2.33 bits per heavy atom. The van der Waals surface area contributed by atoms with E-state index in [1.54, 1.807) is 16.7 Å². The molecule has 0 spiro atoms. The molecule has 18 heavy (non-hydrogen) atoms. The summed E-state index contributed by atoms with van der Waals surface area (Å²) in [6, 6.07) is -0.213. The van der Waals surface area contributed by atoms with Crippen molar-refractivity contribution in [3.63, 3.8) is 0 Å². The van der Waals surface area contributed by atoms with Gasteiger partial charge in [-0.25, -0.2) is 4.79 Å². The zero-order valence-electron chi connectivity index (χ0n) is 11.8. The zero-order valence-corrected chi connectivity index (χ0v) is 12.6. The summed E-state index contributed by atoms with van der Waals surface area (Å²) in [5.74, 6) is -0.891. The van der Waals surface area contributed by atoms with Crippen LogP contribution in [0.3, 0.4) is 0 Å². The molecule has 0 unspecified atom stereocenters. The van der Waals surface area contributed by atoms with E-state index in [-0.39, 0.29) is 29.8 Å². The van der Waals surface area contributed by atoms with Gasteiger partial charge in [-0.05, 0) is 34.0 Å². The highest BCUT2D eigenvalue weighted by Crippen LogP contribution is 2.19. The van der Waals surface area contributed by atoms with E-state index in [9.17, 15) is 9.59 Å². The van der Waals surface area contributed by atoms with E-state index in [1.807, 2.05) is 20.1 Å². The number of carboxylic acid groups (broad SMARTS) is 1. The second-order valence-electron chi connectivity index (χ2n) is 5.05. The molecule has 0 atom stereocenters. The van der Waals surface area contributed by atoms with E-state index in [1.165, 1.54) is 0 Å². The normalized spacial score (nSPS) is 11.4. The summed E-state index contributed by atoms with van der Waals surface area (Å²) >= 11 is 1.68. The molecule has 0 aromatic carbocycles. The molecule has 0 aromatic rings. The molecule has 0 heterocycles. The van der Waals surface area contributed by atoms with Crippen LogP contribution in [0.1, 0.15) is 34.1 Å². The fourth-order valence-corrected chi connectivity index (χ4v) is 1.49. The SMILES string of the molecule is CSC(C)(C)CNC(=O)N(CCC(=O)O)C(C)C. The number of urea groups is 1. The third kappa shape index (κ3) is 6.74. The number of carbonyl (C=O) groups is 2. The first-order valence-electron chi connectivity index (χ1n) is 6.01. The maximum absolute atomic E-state index is 12.0. The quantitative estimate of drug-likeness (QED) is 0.746. The number of nitrogens with one attached hydrogen (secondary N) is 1. The van der Waals surface area contributed by atoms with Gasteiger partial charge >= 0.3 is 12.0 Å². The Kier molecular flexibility index (Phi) is 7.13. The van der Waals surface area contributed by atoms with Crippen molar-refractivity contribution in [2.24, 2.45) is 0 Å². The monoisotopic (exact) mass is 276 g/mol. The molecular weight excluding hydrogens is 252 g/mol. The summed E-state index contributed by atoms with van der Waals surface area (Å²) in [7, 11) is 0. The van der Waals surface area contributed by atoms with Crippen LogP contribution >= 0.6 is 11.8 Å². The van der Waals surface area contributed by atoms with Crippen LogP contribution in [0.15, 0.2) is 0 Å². The van der Waals surface area contributed by atoms with Crippen molar-refractivity contribution in [3.05, 3.63) is 0 Å². The molecule has 0 aliphatic rings. The highest BCUT2D eigenvalue weighted by atomic mass is 32.2. The van der Waals surface area contributed by atoms with Crippen LogP contribution in [-0.2, 0) is 4.79 Å². The molecule has 5 nitrogen and oxygen atoms in total. The Morgan fingerprint density at radius 2 is 1.94 bits per heavy atom. The van der Waals surface area contributed by atoms with Crippen LogP contribution in [-0.4, -0.2) is 52.1 Å². The molecule has 2 N–H and O–H groups in total. The van der Waals surface area contributed by atoms with Gasteiger partial charge in [-0.2, -0.15) is 11.8 Å². The summed E-state index contributed by atoms with van der Waals surface area (Å²) in [5, 5.41) is 11.5. The summed E-state index contributed by atoms with van der Waals surface area (Å²) in [6.45, 7) is 8.65. The van der Waals surface area contributed by atoms with Gasteiger partial charge in [0, 0.05) is 23.9 Å². The smallest absolute Gasteiger partial charge is 0.317 e. The fourth-order valence-electron chi connectivity index (χ4n) is 1.27. The Labute approximate surface area is 113 Å². The van der Waals surface area contributed by atoms with E-state index in [2.05, 4.69) is 19.2 Å². The Morgan fingerprint density at radius 1 is 1.39 bits per heavy atom. The molecule has 0 aliphatic heterocycles. The van der Waals surface area contributed by atoms with E-state index in [0.717, 1.165) is 0 Å². The second kappa shape index (κ2) is 7.51. The predicted octanol–water partition coefficient (Wildman–Crippen LogP) is 2.02. The molecule has 0 saturated carbocycles. The van der Waals surface area contributed by atoms with E-state index >= 15 is 0 Å². The van der Waals surface area contributed by atoms with Gasteiger partial charge in [0.2, 0.25) is 0 Å². The molecule has 0 rings (SSSR count). The summed E-state index contributed by atoms with van der Waals surface area (Å²) in [6.07, 6.45) is 1.97. The van der Waals surface area contributed by atoms with E-state index < -0.39 is 5.97 Å². The summed E-state index contributed by atoms with van der Waals surface area (Å²) < 4.78 is -0.0227. The molecule has 0 aliphatic carbocycles. The number of amides is 2. The molecule has 6 heteroatoms. The average Bonchev–Trinajstić information content (AvgIpc) is 2.26. The molecule has 0 fully saturated rings. The van der Waals surface area contributed by atoms with Gasteiger partial charge in [-0.3, -0.25) is 4.79 Å². The maximum Gasteiger partial charge on any atom is 0.317 e. The van der Waals surface area contributed by atoms with E-state index in [0.29, 0.717) is 6.54 Å². The molecule has 0 radical (unpaired) electrons. The minimum absolute atomic E-state index is 0.0123. The molecule has 0 saturated heterocycles. The lowest BCUT2D eigenvalue weighted by Gasteiger charge is -2.29. The maximum atomic E-state index is 12.0. The van der Waals surface area contributed by atoms with Crippen LogP contribution < -0.4 is 5.32 Å². The van der Waals surface area contributed by atoms with Crippen molar-refractivity contribution in [1.82, 2.24) is 10.2 Å². The van der Waals surface area contributed by atoms with Gasteiger partial charge in [0.1, 0.15) is 0 Å². The average molecular weight is 276 g/mol. The van der Waals surface area contributed by atoms with Gasteiger partial charge in [0.15, 0.2) is 0 Å². The molecule has 106 valence electrons. The first-order chi connectivity index (χ1) is 8.19. The summed E-state index contributed by atoms with van der Waals surface area (Å²) in [4.78, 5) is 24.1. The first kappa shape index (κ1) is 17.1. The van der Waals surface area contributed by atoms with Gasteiger partial charge in [-0.1, -0.05) is 0 Å². The van der Waals surface area contributed by atoms with Crippen molar-refractivity contribution >= 4 is 23.8 Å². The lowest BCUT2D eigenvalue weighted by Crippen LogP contribution is -2.48. The van der Waals surface area contributed by atoms with Crippen molar-refractivity contribution in [1.29, 1.82) is 0 Å². The van der Waals surface area contributed by atoms with Crippen molar-refractivity contribution in [2.45, 2.75) is 44.9 Å². The van der Waals surface area contributed by atoms with Crippen LogP contribution in [0, 0.1) is 0 Å². The van der Waals surface area contributed by atoms with Crippen LogP contribution in [0.25, 0.3) is 0 Å². The minimum Gasteiger partial charge on any atom is -0.481 e. The Balaban J connectivity index is 4.35. The lowest BCUT2D eigenvalue weighted by atomic mass is 10.2. The third-order valence-corrected chi connectivity index (χ3v) is 3.92. The minimum atomic E-state index is -0.891. The number of carbonyl (C=O) groups excluding carboxylic acids is 1. The number of aliphatic carboxylic acids is 1. The largest absolute Gasteiger partial charge is 0.481 e. The van der Waals surface area contributed by atoms with Gasteiger partial charge < -0.3 is 15.3 Å². The Bertz CT molecular complexity index is 293. The molecule has 2 amide bonds. The second-order valence-corrected chi connectivity index (χ2v) is 6.57. The molecular formula is C12H24N2O3S. The number of hydrogen-bond acceptors (Lipinski definition) is 3. The van der Waals surface area contributed by atoms with Crippen LogP contribution in [0.4, 0.5) is 4.79 Å². The van der Waals surface area contributed by atoms with Crippen LogP contribution in [0.2, 0.25) is 0 Å².